The number of ether oxygens (including phenoxy) is 1. The van der Waals surface area contributed by atoms with Crippen LogP contribution in [0.3, 0.4) is 0 Å². The first-order chi connectivity index (χ1) is 8.34. The van der Waals surface area contributed by atoms with Gasteiger partial charge in [0.25, 0.3) is 5.56 Å². The average molecular weight is 370 g/mol. The molecule has 0 spiro atoms. The van der Waals surface area contributed by atoms with Crippen LogP contribution in [0.2, 0.25) is 0 Å². The van der Waals surface area contributed by atoms with Crippen molar-refractivity contribution < 1.29 is 17.9 Å². The van der Waals surface area contributed by atoms with Gasteiger partial charge < -0.3 is 4.74 Å². The van der Waals surface area contributed by atoms with Gasteiger partial charge in [-0.1, -0.05) is 0 Å². The number of hydrogen-bond acceptors (Lipinski definition) is 3. The van der Waals surface area contributed by atoms with Gasteiger partial charge in [0.2, 0.25) is 0 Å². The predicted octanol–water partition coefficient (Wildman–Crippen LogP) is 2.33. The van der Waals surface area contributed by atoms with E-state index in [1.165, 1.54) is 48.0 Å². The zero-order chi connectivity index (χ0) is 13.5. The van der Waals surface area contributed by atoms with Crippen molar-refractivity contribution >= 4 is 28.2 Å². The minimum atomic E-state index is -4.66. The molecule has 0 fully saturated rings. The van der Waals surface area contributed by atoms with Gasteiger partial charge >= 0.3 is 6.18 Å². The van der Waals surface area contributed by atoms with Gasteiger partial charge in [0, 0.05) is 12.3 Å². The summed E-state index contributed by atoms with van der Waals surface area (Å²) in [6, 6.07) is 2.74. The number of pyridine rings is 1. The molecule has 0 aliphatic rings. The Hall–Kier alpha value is -1.32. The summed E-state index contributed by atoms with van der Waals surface area (Å²) in [7, 11) is 1.38. The fraction of sp³-hybridized carbons (Fsp3) is 0.200. The Balaban J connectivity index is 2.84. The molecule has 0 saturated heterocycles. The molecular formula is C10H6F3IN2O2. The van der Waals surface area contributed by atoms with Crippen LogP contribution in [-0.4, -0.2) is 16.5 Å². The monoisotopic (exact) mass is 370 g/mol. The maximum atomic E-state index is 12.7. The molecule has 18 heavy (non-hydrogen) atoms. The summed E-state index contributed by atoms with van der Waals surface area (Å²) in [6.45, 7) is 0. The summed E-state index contributed by atoms with van der Waals surface area (Å²) < 4.78 is 43.5. The van der Waals surface area contributed by atoms with Crippen molar-refractivity contribution in [2.75, 3.05) is 7.11 Å². The first-order valence-corrected chi connectivity index (χ1v) is 5.75. The predicted molar refractivity (Wildman–Crippen MR) is 65.7 cm³/mol. The average Bonchev–Trinajstić information content (AvgIpc) is 2.31. The van der Waals surface area contributed by atoms with Gasteiger partial charge in [0.05, 0.1) is 7.11 Å². The lowest BCUT2D eigenvalue weighted by Crippen LogP contribution is -2.24. The topological polar surface area (TPSA) is 43.6 Å². The number of alkyl halides is 3. The van der Waals surface area contributed by atoms with E-state index in [9.17, 15) is 18.0 Å². The second-order valence-electron chi connectivity index (χ2n) is 3.37. The van der Waals surface area contributed by atoms with E-state index in [0.717, 1.165) is 4.40 Å². The third-order valence-electron chi connectivity index (χ3n) is 2.25. The highest BCUT2D eigenvalue weighted by atomic mass is 127. The molecule has 2 heterocycles. The van der Waals surface area contributed by atoms with Crippen molar-refractivity contribution in [3.8, 4) is 5.75 Å². The molecule has 4 nitrogen and oxygen atoms in total. The molecule has 0 atom stereocenters. The van der Waals surface area contributed by atoms with E-state index in [0.29, 0.717) is 5.75 Å². The first kappa shape index (κ1) is 13.1. The summed E-state index contributed by atoms with van der Waals surface area (Å²) in [5, 5.41) is 0. The SMILES string of the molecule is COc1ccn2c(=O)c(I)c(C(F)(F)F)nc2c1. The van der Waals surface area contributed by atoms with Crippen LogP contribution in [0.15, 0.2) is 23.1 Å². The maximum Gasteiger partial charge on any atom is 0.434 e. The van der Waals surface area contributed by atoms with Crippen LogP contribution >= 0.6 is 22.6 Å². The Morgan fingerprint density at radius 1 is 1.44 bits per heavy atom. The van der Waals surface area contributed by atoms with Crippen LogP contribution in [-0.2, 0) is 6.18 Å². The van der Waals surface area contributed by atoms with E-state index >= 15 is 0 Å². The van der Waals surface area contributed by atoms with Gasteiger partial charge in [-0.15, -0.1) is 0 Å². The molecule has 8 heteroatoms. The van der Waals surface area contributed by atoms with E-state index < -0.39 is 21.0 Å². The molecule has 0 N–H and O–H groups in total. The number of methoxy groups -OCH3 is 1. The number of halogens is 4. The quantitative estimate of drug-likeness (QED) is 0.724. The number of hydrogen-bond donors (Lipinski definition) is 0. The maximum absolute atomic E-state index is 12.7. The lowest BCUT2D eigenvalue weighted by atomic mass is 10.3. The Kier molecular flexibility index (Phi) is 3.21. The van der Waals surface area contributed by atoms with E-state index in [1.807, 2.05) is 0 Å². The smallest absolute Gasteiger partial charge is 0.434 e. The minimum absolute atomic E-state index is 0.105. The normalized spacial score (nSPS) is 11.8. The standard InChI is InChI=1S/C10H6F3IN2O2/c1-18-5-2-3-16-6(4-5)15-8(10(11,12)13)7(14)9(16)17/h2-4H,1H3. The third kappa shape index (κ3) is 2.16. The van der Waals surface area contributed by atoms with Gasteiger partial charge in [-0.3, -0.25) is 9.20 Å². The van der Waals surface area contributed by atoms with Crippen molar-refractivity contribution in [3.05, 3.63) is 37.9 Å². The highest BCUT2D eigenvalue weighted by Crippen LogP contribution is 2.30. The van der Waals surface area contributed by atoms with Crippen molar-refractivity contribution in [2.24, 2.45) is 0 Å². The molecule has 2 rings (SSSR count). The number of fused-ring (bicyclic) bond motifs is 1. The molecular weight excluding hydrogens is 364 g/mol. The fourth-order valence-corrected chi connectivity index (χ4v) is 2.10. The van der Waals surface area contributed by atoms with Crippen LogP contribution < -0.4 is 10.3 Å². The molecule has 96 valence electrons. The molecule has 2 aromatic heterocycles. The molecule has 2 aromatic rings. The molecule has 0 aromatic carbocycles. The molecule has 0 amide bonds. The zero-order valence-corrected chi connectivity index (χ0v) is 11.1. The summed E-state index contributed by atoms with van der Waals surface area (Å²) in [5.74, 6) is 0.330. The van der Waals surface area contributed by atoms with Gasteiger partial charge in [-0.25, -0.2) is 4.98 Å². The summed E-state index contributed by atoms with van der Waals surface area (Å²) in [6.07, 6.45) is -3.33. The van der Waals surface area contributed by atoms with Gasteiger partial charge in [-0.05, 0) is 28.7 Å². The Morgan fingerprint density at radius 3 is 2.67 bits per heavy atom. The number of aromatic nitrogens is 2. The van der Waals surface area contributed by atoms with Crippen LogP contribution in [0.4, 0.5) is 13.2 Å². The zero-order valence-electron chi connectivity index (χ0n) is 8.95. The van der Waals surface area contributed by atoms with Crippen LogP contribution in [0.1, 0.15) is 5.69 Å². The second-order valence-corrected chi connectivity index (χ2v) is 4.45. The molecule has 0 aliphatic heterocycles. The largest absolute Gasteiger partial charge is 0.497 e. The fourth-order valence-electron chi connectivity index (χ4n) is 1.41. The van der Waals surface area contributed by atoms with E-state index in [1.54, 1.807) is 0 Å². The molecule has 0 unspecified atom stereocenters. The van der Waals surface area contributed by atoms with E-state index in [4.69, 9.17) is 4.74 Å². The second kappa shape index (κ2) is 4.41. The number of rotatable bonds is 1. The Labute approximate surface area is 113 Å². The lowest BCUT2D eigenvalue weighted by Gasteiger charge is -2.10. The summed E-state index contributed by atoms with van der Waals surface area (Å²) in [5.41, 5.74) is -2.04. The Morgan fingerprint density at radius 2 is 2.11 bits per heavy atom. The van der Waals surface area contributed by atoms with Crippen molar-refractivity contribution in [3.63, 3.8) is 0 Å². The van der Waals surface area contributed by atoms with Gasteiger partial charge in [0.1, 0.15) is 15.0 Å². The first-order valence-electron chi connectivity index (χ1n) is 4.67. The summed E-state index contributed by atoms with van der Waals surface area (Å²) in [4.78, 5) is 15.2. The highest BCUT2D eigenvalue weighted by molar-refractivity contribution is 14.1. The molecule has 0 aliphatic carbocycles. The highest BCUT2D eigenvalue weighted by Gasteiger charge is 2.36. The van der Waals surface area contributed by atoms with Gasteiger partial charge in [-0.2, -0.15) is 13.2 Å². The van der Waals surface area contributed by atoms with Crippen LogP contribution in [0.5, 0.6) is 5.75 Å². The van der Waals surface area contributed by atoms with Crippen molar-refractivity contribution in [1.29, 1.82) is 0 Å². The summed E-state index contributed by atoms with van der Waals surface area (Å²) >= 11 is 1.35. The minimum Gasteiger partial charge on any atom is -0.497 e. The van der Waals surface area contributed by atoms with E-state index in [-0.39, 0.29) is 5.65 Å². The Bertz CT molecular complexity index is 666. The molecule has 0 bridgehead atoms. The van der Waals surface area contributed by atoms with E-state index in [2.05, 4.69) is 4.98 Å². The molecule has 0 saturated carbocycles. The molecule has 0 radical (unpaired) electrons. The number of nitrogens with zero attached hydrogens (tertiary/aromatic N) is 2. The van der Waals surface area contributed by atoms with Crippen molar-refractivity contribution in [2.45, 2.75) is 6.18 Å². The third-order valence-corrected chi connectivity index (χ3v) is 3.22. The van der Waals surface area contributed by atoms with Crippen LogP contribution in [0.25, 0.3) is 5.65 Å². The van der Waals surface area contributed by atoms with Gasteiger partial charge in [0.15, 0.2) is 5.69 Å². The lowest BCUT2D eigenvalue weighted by molar-refractivity contribution is -0.141. The van der Waals surface area contributed by atoms with Crippen molar-refractivity contribution in [1.82, 2.24) is 9.38 Å². The van der Waals surface area contributed by atoms with Crippen LogP contribution in [0, 0.1) is 3.57 Å².